The number of halogens is 1. The van der Waals surface area contributed by atoms with E-state index >= 15 is 0 Å². The molecule has 1 amide bonds. The van der Waals surface area contributed by atoms with Crippen LogP contribution >= 0.6 is 12.4 Å². The van der Waals surface area contributed by atoms with Crippen molar-refractivity contribution in [1.29, 1.82) is 0 Å². The van der Waals surface area contributed by atoms with Gasteiger partial charge in [-0.25, -0.2) is 4.79 Å². The summed E-state index contributed by atoms with van der Waals surface area (Å²) in [4.78, 5) is 23.7. The molecular weight excluding hydrogens is 332 g/mol. The predicted molar refractivity (Wildman–Crippen MR) is 94.3 cm³/mol. The maximum Gasteiger partial charge on any atom is 0.344 e. The number of ether oxygens (including phenoxy) is 2. The Hall–Kier alpha value is -1.79. The van der Waals surface area contributed by atoms with E-state index in [1.165, 1.54) is 0 Å². The third kappa shape index (κ3) is 5.69. The molecule has 0 aromatic heterocycles. The van der Waals surface area contributed by atoms with Crippen molar-refractivity contribution in [2.24, 2.45) is 17.6 Å². The topological polar surface area (TPSA) is 90.6 Å². The number of carbonyl (C=O) groups excluding carboxylic acids is 2. The second kappa shape index (κ2) is 10.2. The molecule has 2 atom stereocenters. The van der Waals surface area contributed by atoms with E-state index in [1.807, 2.05) is 0 Å². The molecule has 6 nitrogen and oxygen atoms in total. The number of amides is 1. The van der Waals surface area contributed by atoms with Crippen molar-refractivity contribution in [2.75, 3.05) is 25.1 Å². The molecule has 1 fully saturated rings. The summed E-state index contributed by atoms with van der Waals surface area (Å²) in [7, 11) is 0. The first-order valence-electron chi connectivity index (χ1n) is 8.03. The highest BCUT2D eigenvalue weighted by Crippen LogP contribution is 2.32. The lowest BCUT2D eigenvalue weighted by Gasteiger charge is -2.17. The van der Waals surface area contributed by atoms with E-state index in [0.29, 0.717) is 24.6 Å². The zero-order valence-electron chi connectivity index (χ0n) is 13.8. The van der Waals surface area contributed by atoms with Gasteiger partial charge in [-0.3, -0.25) is 4.79 Å². The number of esters is 1. The lowest BCUT2D eigenvalue weighted by Crippen LogP contribution is -2.29. The summed E-state index contributed by atoms with van der Waals surface area (Å²) in [6.45, 7) is 2.46. The Morgan fingerprint density at radius 1 is 1.33 bits per heavy atom. The highest BCUT2D eigenvalue weighted by atomic mass is 35.5. The first kappa shape index (κ1) is 20.3. The third-order valence-electron chi connectivity index (χ3n) is 4.06. The second-order valence-electron chi connectivity index (χ2n) is 5.64. The Balaban J connectivity index is 0.00000288. The van der Waals surface area contributed by atoms with Crippen LogP contribution in [-0.2, 0) is 14.3 Å². The van der Waals surface area contributed by atoms with E-state index < -0.39 is 5.97 Å². The van der Waals surface area contributed by atoms with E-state index in [4.69, 9.17) is 15.2 Å². The predicted octanol–water partition coefficient (Wildman–Crippen LogP) is 2.36. The Kier molecular flexibility index (Phi) is 8.57. The number of hydrogen-bond donors (Lipinski definition) is 2. The average Bonchev–Trinajstić information content (AvgIpc) is 3.02. The molecular formula is C17H25ClN2O4. The van der Waals surface area contributed by atoms with Gasteiger partial charge in [0, 0.05) is 17.7 Å². The molecule has 1 saturated carbocycles. The van der Waals surface area contributed by atoms with E-state index in [9.17, 15) is 9.59 Å². The van der Waals surface area contributed by atoms with Crippen LogP contribution in [0.2, 0.25) is 0 Å². The molecule has 0 spiro atoms. The van der Waals surface area contributed by atoms with Crippen molar-refractivity contribution >= 4 is 30.0 Å². The minimum atomic E-state index is -0.418. The van der Waals surface area contributed by atoms with Gasteiger partial charge in [-0.05, 0) is 44.4 Å². The molecule has 2 rings (SSSR count). The summed E-state index contributed by atoms with van der Waals surface area (Å²) in [6, 6.07) is 6.99. The summed E-state index contributed by atoms with van der Waals surface area (Å²) >= 11 is 0. The standard InChI is InChI=1S/C17H24N2O4.ClH/c1-2-22-16(20)11-23-14-7-4-6-13(9-14)19-17(21)15-8-3-5-12(15)10-18;/h4,6-7,9,12,15H,2-3,5,8,10-11,18H2,1H3,(H,19,21);1H/t12-,15-;/m1./s1. The van der Waals surface area contributed by atoms with Crippen molar-refractivity contribution in [3.05, 3.63) is 24.3 Å². The molecule has 1 aliphatic rings. The number of anilines is 1. The summed E-state index contributed by atoms with van der Waals surface area (Å²) in [5.74, 6) is 0.333. The van der Waals surface area contributed by atoms with Gasteiger partial charge < -0.3 is 20.5 Å². The Labute approximate surface area is 148 Å². The number of carbonyl (C=O) groups is 2. The molecule has 1 aliphatic carbocycles. The molecule has 24 heavy (non-hydrogen) atoms. The van der Waals surface area contributed by atoms with Gasteiger partial charge in [0.2, 0.25) is 5.91 Å². The van der Waals surface area contributed by atoms with Crippen molar-refractivity contribution in [1.82, 2.24) is 0 Å². The van der Waals surface area contributed by atoms with Crippen LogP contribution in [0.3, 0.4) is 0 Å². The van der Waals surface area contributed by atoms with Gasteiger partial charge in [-0.2, -0.15) is 0 Å². The quantitative estimate of drug-likeness (QED) is 0.732. The molecule has 1 aromatic rings. The molecule has 0 aliphatic heterocycles. The fourth-order valence-corrected chi connectivity index (χ4v) is 2.91. The number of hydrogen-bond acceptors (Lipinski definition) is 5. The van der Waals surface area contributed by atoms with Gasteiger partial charge in [-0.1, -0.05) is 12.5 Å². The van der Waals surface area contributed by atoms with Crippen molar-refractivity contribution < 1.29 is 19.1 Å². The number of nitrogens with one attached hydrogen (secondary N) is 1. The van der Waals surface area contributed by atoms with Crippen molar-refractivity contribution in [3.63, 3.8) is 0 Å². The van der Waals surface area contributed by atoms with Crippen LogP contribution < -0.4 is 15.8 Å². The summed E-state index contributed by atoms with van der Waals surface area (Å²) in [5.41, 5.74) is 6.38. The van der Waals surface area contributed by atoms with Gasteiger partial charge in [0.25, 0.3) is 0 Å². The second-order valence-corrected chi connectivity index (χ2v) is 5.64. The number of nitrogens with two attached hydrogens (primary N) is 1. The van der Waals surface area contributed by atoms with Gasteiger partial charge in [0.05, 0.1) is 6.61 Å². The highest BCUT2D eigenvalue weighted by molar-refractivity contribution is 5.93. The van der Waals surface area contributed by atoms with E-state index in [2.05, 4.69) is 5.32 Å². The zero-order chi connectivity index (χ0) is 16.7. The summed E-state index contributed by atoms with van der Waals surface area (Å²) in [5, 5.41) is 2.91. The maximum absolute atomic E-state index is 12.4. The molecule has 7 heteroatoms. The minimum absolute atomic E-state index is 0. The lowest BCUT2D eigenvalue weighted by atomic mass is 9.95. The largest absolute Gasteiger partial charge is 0.482 e. The molecule has 0 radical (unpaired) electrons. The van der Waals surface area contributed by atoms with Gasteiger partial charge in [0.15, 0.2) is 6.61 Å². The number of rotatable bonds is 7. The molecule has 0 saturated heterocycles. The normalized spacial score (nSPS) is 19.2. The van der Waals surface area contributed by atoms with Gasteiger partial charge >= 0.3 is 5.97 Å². The Morgan fingerprint density at radius 3 is 2.83 bits per heavy atom. The van der Waals surface area contributed by atoms with Crippen molar-refractivity contribution in [2.45, 2.75) is 26.2 Å². The minimum Gasteiger partial charge on any atom is -0.482 e. The van der Waals surface area contributed by atoms with Crippen LogP contribution in [-0.4, -0.2) is 31.6 Å². The first-order valence-corrected chi connectivity index (χ1v) is 8.03. The molecule has 1 aromatic carbocycles. The Bertz CT molecular complexity index is 553. The molecule has 0 unspecified atom stereocenters. The van der Waals surface area contributed by atoms with Gasteiger partial charge in [-0.15, -0.1) is 12.4 Å². The van der Waals surface area contributed by atoms with Crippen LogP contribution in [0, 0.1) is 11.8 Å². The fourth-order valence-electron chi connectivity index (χ4n) is 2.91. The lowest BCUT2D eigenvalue weighted by molar-refractivity contribution is -0.145. The maximum atomic E-state index is 12.4. The summed E-state index contributed by atoms with van der Waals surface area (Å²) < 4.78 is 10.2. The third-order valence-corrected chi connectivity index (χ3v) is 4.06. The van der Waals surface area contributed by atoms with E-state index in [1.54, 1.807) is 31.2 Å². The van der Waals surface area contributed by atoms with Crippen LogP contribution in [0.25, 0.3) is 0 Å². The first-order chi connectivity index (χ1) is 11.1. The highest BCUT2D eigenvalue weighted by Gasteiger charge is 2.31. The SMILES string of the molecule is CCOC(=O)COc1cccc(NC(=O)[C@@H]2CCC[C@@H]2CN)c1.Cl. The van der Waals surface area contributed by atoms with E-state index in [0.717, 1.165) is 19.3 Å². The molecule has 0 bridgehead atoms. The van der Waals surface area contributed by atoms with E-state index in [-0.39, 0.29) is 36.8 Å². The van der Waals surface area contributed by atoms with Gasteiger partial charge in [0.1, 0.15) is 5.75 Å². The monoisotopic (exact) mass is 356 g/mol. The average molecular weight is 357 g/mol. The molecule has 0 heterocycles. The molecule has 134 valence electrons. The van der Waals surface area contributed by atoms with Crippen molar-refractivity contribution in [3.8, 4) is 5.75 Å². The Morgan fingerprint density at radius 2 is 2.12 bits per heavy atom. The van der Waals surface area contributed by atoms with Crippen LogP contribution in [0.1, 0.15) is 26.2 Å². The summed E-state index contributed by atoms with van der Waals surface area (Å²) in [6.07, 6.45) is 2.94. The van der Waals surface area contributed by atoms with Crippen LogP contribution in [0.5, 0.6) is 5.75 Å². The molecule has 3 N–H and O–H groups in total. The zero-order valence-corrected chi connectivity index (χ0v) is 14.6. The van der Waals surface area contributed by atoms with Crippen LogP contribution in [0.15, 0.2) is 24.3 Å². The van der Waals surface area contributed by atoms with Crippen LogP contribution in [0.4, 0.5) is 5.69 Å². The fraction of sp³-hybridized carbons (Fsp3) is 0.529. The number of benzene rings is 1. The smallest absolute Gasteiger partial charge is 0.344 e.